The molecule has 1 atom stereocenters. The zero-order chi connectivity index (χ0) is 9.84. The van der Waals surface area contributed by atoms with Gasteiger partial charge in [-0.1, -0.05) is 0 Å². The molecule has 1 unspecified atom stereocenters. The van der Waals surface area contributed by atoms with E-state index in [1.165, 1.54) is 0 Å². The fourth-order valence-corrected chi connectivity index (χ4v) is 1.03. The quantitative estimate of drug-likeness (QED) is 0.814. The summed E-state index contributed by atoms with van der Waals surface area (Å²) in [4.78, 5) is 18.5. The van der Waals surface area contributed by atoms with Gasteiger partial charge in [-0.15, -0.1) is 0 Å². The molecule has 1 heterocycles. The SMILES string of the molecule is CC(NC(N)=O)c1ncc(Br)cn1. The van der Waals surface area contributed by atoms with Crippen molar-refractivity contribution < 1.29 is 4.79 Å². The minimum absolute atomic E-state index is 0.273. The molecule has 0 aromatic carbocycles. The van der Waals surface area contributed by atoms with E-state index >= 15 is 0 Å². The number of nitrogens with one attached hydrogen (secondary N) is 1. The summed E-state index contributed by atoms with van der Waals surface area (Å²) in [5, 5.41) is 2.48. The number of carbonyl (C=O) groups excluding carboxylic acids is 1. The van der Waals surface area contributed by atoms with Crippen LogP contribution in [0.1, 0.15) is 18.8 Å². The molecular weight excluding hydrogens is 236 g/mol. The van der Waals surface area contributed by atoms with E-state index in [0.717, 1.165) is 4.47 Å². The highest BCUT2D eigenvalue weighted by Gasteiger charge is 2.08. The van der Waals surface area contributed by atoms with Gasteiger partial charge in [0.15, 0.2) is 0 Å². The van der Waals surface area contributed by atoms with Gasteiger partial charge in [0, 0.05) is 12.4 Å². The standard InChI is InChI=1S/C7H9BrN4O/c1-4(12-7(9)13)6-10-2-5(8)3-11-6/h2-4H,1H3,(H3,9,12,13). The Kier molecular flexibility index (Phi) is 3.18. The van der Waals surface area contributed by atoms with Crippen LogP contribution in [-0.4, -0.2) is 16.0 Å². The number of hydrogen-bond acceptors (Lipinski definition) is 3. The number of nitrogens with zero attached hydrogens (tertiary/aromatic N) is 2. The largest absolute Gasteiger partial charge is 0.352 e. The van der Waals surface area contributed by atoms with Crippen LogP contribution in [0.5, 0.6) is 0 Å². The number of nitrogens with two attached hydrogens (primary N) is 1. The second kappa shape index (κ2) is 4.18. The van der Waals surface area contributed by atoms with Crippen molar-refractivity contribution >= 4 is 22.0 Å². The van der Waals surface area contributed by atoms with E-state index in [2.05, 4.69) is 31.2 Å². The lowest BCUT2D eigenvalue weighted by Crippen LogP contribution is -2.32. The minimum Gasteiger partial charge on any atom is -0.352 e. The number of rotatable bonds is 2. The maximum atomic E-state index is 10.5. The van der Waals surface area contributed by atoms with Crippen molar-refractivity contribution in [2.45, 2.75) is 13.0 Å². The Morgan fingerprint density at radius 2 is 2.15 bits per heavy atom. The summed E-state index contributed by atoms with van der Waals surface area (Å²) in [7, 11) is 0. The van der Waals surface area contributed by atoms with Crippen molar-refractivity contribution in [2.75, 3.05) is 0 Å². The Morgan fingerprint density at radius 3 is 2.62 bits per heavy atom. The maximum absolute atomic E-state index is 10.5. The average molecular weight is 245 g/mol. The van der Waals surface area contributed by atoms with Crippen molar-refractivity contribution in [3.05, 3.63) is 22.7 Å². The topological polar surface area (TPSA) is 80.9 Å². The normalized spacial score (nSPS) is 12.2. The number of primary amides is 1. The molecule has 0 spiro atoms. The molecule has 2 amide bonds. The van der Waals surface area contributed by atoms with Gasteiger partial charge in [-0.3, -0.25) is 0 Å². The van der Waals surface area contributed by atoms with E-state index in [1.807, 2.05) is 0 Å². The monoisotopic (exact) mass is 244 g/mol. The van der Waals surface area contributed by atoms with Crippen molar-refractivity contribution in [2.24, 2.45) is 5.73 Å². The van der Waals surface area contributed by atoms with Gasteiger partial charge in [0.05, 0.1) is 10.5 Å². The summed E-state index contributed by atoms with van der Waals surface area (Å²) in [6.45, 7) is 1.76. The molecule has 13 heavy (non-hydrogen) atoms. The maximum Gasteiger partial charge on any atom is 0.312 e. The summed E-state index contributed by atoms with van der Waals surface area (Å²) < 4.78 is 0.794. The highest BCUT2D eigenvalue weighted by molar-refractivity contribution is 9.10. The number of hydrogen-bond donors (Lipinski definition) is 2. The fraction of sp³-hybridized carbons (Fsp3) is 0.286. The number of carbonyl (C=O) groups is 1. The second-order valence-corrected chi connectivity index (χ2v) is 3.41. The van der Waals surface area contributed by atoms with Crippen LogP contribution in [0.25, 0.3) is 0 Å². The molecule has 70 valence electrons. The zero-order valence-electron chi connectivity index (χ0n) is 6.99. The minimum atomic E-state index is -0.584. The van der Waals surface area contributed by atoms with E-state index in [1.54, 1.807) is 19.3 Å². The molecule has 0 aliphatic carbocycles. The van der Waals surface area contributed by atoms with Gasteiger partial charge in [0.2, 0.25) is 0 Å². The molecule has 3 N–H and O–H groups in total. The third-order valence-electron chi connectivity index (χ3n) is 1.39. The fourth-order valence-electron chi connectivity index (χ4n) is 0.824. The van der Waals surface area contributed by atoms with Gasteiger partial charge >= 0.3 is 6.03 Å². The third kappa shape index (κ3) is 2.98. The molecule has 0 saturated heterocycles. The van der Waals surface area contributed by atoms with Gasteiger partial charge in [0.25, 0.3) is 0 Å². The smallest absolute Gasteiger partial charge is 0.312 e. The summed E-state index contributed by atoms with van der Waals surface area (Å²) in [6, 6.07) is -0.857. The van der Waals surface area contributed by atoms with Crippen LogP contribution in [0.4, 0.5) is 4.79 Å². The van der Waals surface area contributed by atoms with Gasteiger partial charge < -0.3 is 11.1 Å². The third-order valence-corrected chi connectivity index (χ3v) is 1.80. The Labute approximate surface area is 83.9 Å². The van der Waals surface area contributed by atoms with Gasteiger partial charge in [-0.25, -0.2) is 14.8 Å². The highest BCUT2D eigenvalue weighted by atomic mass is 79.9. The summed E-state index contributed by atoms with van der Waals surface area (Å²) in [6.07, 6.45) is 3.23. The molecule has 0 saturated carbocycles. The molecule has 0 bridgehead atoms. The first-order valence-electron chi connectivity index (χ1n) is 3.63. The lowest BCUT2D eigenvalue weighted by atomic mass is 10.3. The van der Waals surface area contributed by atoms with Crippen molar-refractivity contribution in [1.82, 2.24) is 15.3 Å². The van der Waals surface area contributed by atoms with Crippen LogP contribution < -0.4 is 11.1 Å². The molecule has 1 aromatic heterocycles. The zero-order valence-corrected chi connectivity index (χ0v) is 8.58. The Bertz CT molecular complexity index is 300. The van der Waals surface area contributed by atoms with Gasteiger partial charge in [-0.2, -0.15) is 0 Å². The molecular formula is C7H9BrN4O. The molecule has 1 aromatic rings. The average Bonchev–Trinajstić information content (AvgIpc) is 2.04. The Hall–Kier alpha value is -1.17. The number of aromatic nitrogens is 2. The number of halogens is 1. The first kappa shape index (κ1) is 9.91. The lowest BCUT2D eigenvalue weighted by molar-refractivity contribution is 0.245. The summed E-state index contributed by atoms with van der Waals surface area (Å²) >= 11 is 3.21. The molecule has 6 heteroatoms. The van der Waals surface area contributed by atoms with Crippen molar-refractivity contribution in [3.8, 4) is 0 Å². The van der Waals surface area contributed by atoms with Crippen LogP contribution >= 0.6 is 15.9 Å². The van der Waals surface area contributed by atoms with Gasteiger partial charge in [-0.05, 0) is 22.9 Å². The second-order valence-electron chi connectivity index (χ2n) is 2.49. The molecule has 1 rings (SSSR count). The van der Waals surface area contributed by atoms with Crippen LogP contribution in [0.3, 0.4) is 0 Å². The molecule has 0 aliphatic heterocycles. The first-order chi connectivity index (χ1) is 6.09. The predicted octanol–water partition coefficient (Wildman–Crippen LogP) is 0.968. The van der Waals surface area contributed by atoms with E-state index in [9.17, 15) is 4.79 Å². The van der Waals surface area contributed by atoms with E-state index in [-0.39, 0.29) is 6.04 Å². The van der Waals surface area contributed by atoms with Crippen LogP contribution in [-0.2, 0) is 0 Å². The molecule has 0 aliphatic rings. The summed E-state index contributed by atoms with van der Waals surface area (Å²) in [5.41, 5.74) is 4.95. The van der Waals surface area contributed by atoms with Crippen molar-refractivity contribution in [1.29, 1.82) is 0 Å². The van der Waals surface area contributed by atoms with Crippen LogP contribution in [0, 0.1) is 0 Å². The predicted molar refractivity (Wildman–Crippen MR) is 50.9 cm³/mol. The first-order valence-corrected chi connectivity index (χ1v) is 4.42. The lowest BCUT2D eigenvalue weighted by Gasteiger charge is -2.09. The van der Waals surface area contributed by atoms with Gasteiger partial charge in [0.1, 0.15) is 5.82 Å². The molecule has 5 nitrogen and oxygen atoms in total. The van der Waals surface area contributed by atoms with E-state index in [0.29, 0.717) is 5.82 Å². The number of urea groups is 1. The highest BCUT2D eigenvalue weighted by Crippen LogP contribution is 2.09. The van der Waals surface area contributed by atoms with E-state index < -0.39 is 6.03 Å². The Balaban J connectivity index is 2.71. The van der Waals surface area contributed by atoms with Crippen LogP contribution in [0.2, 0.25) is 0 Å². The van der Waals surface area contributed by atoms with Crippen LogP contribution in [0.15, 0.2) is 16.9 Å². The van der Waals surface area contributed by atoms with Crippen molar-refractivity contribution in [3.63, 3.8) is 0 Å². The van der Waals surface area contributed by atoms with E-state index in [4.69, 9.17) is 5.73 Å². The Morgan fingerprint density at radius 1 is 1.62 bits per heavy atom. The molecule has 0 fully saturated rings. The molecule has 0 radical (unpaired) electrons. The number of amides is 2. The summed E-state index contributed by atoms with van der Waals surface area (Å²) in [5.74, 6) is 0.530.